The highest BCUT2D eigenvalue weighted by atomic mass is 16.4. The molecule has 0 atom stereocenters. The molecule has 1 rings (SSSR count). The molecule has 15 heavy (non-hydrogen) atoms. The van der Waals surface area contributed by atoms with Crippen LogP contribution in [0.3, 0.4) is 0 Å². The van der Waals surface area contributed by atoms with Crippen molar-refractivity contribution in [2.24, 2.45) is 0 Å². The van der Waals surface area contributed by atoms with Crippen molar-refractivity contribution in [2.75, 3.05) is 0 Å². The maximum absolute atomic E-state index is 10.2. The van der Waals surface area contributed by atoms with E-state index in [1.807, 2.05) is 0 Å². The second-order valence-corrected chi connectivity index (χ2v) is 3.41. The molecular weight excluding hydrogens is 196 g/mol. The largest absolute Gasteiger partial charge is 0.508 e. The van der Waals surface area contributed by atoms with Crippen molar-refractivity contribution < 1.29 is 20.1 Å². The summed E-state index contributed by atoms with van der Waals surface area (Å²) in [6.45, 7) is 0. The minimum absolute atomic E-state index is 0.112. The molecule has 0 aliphatic heterocycles. The Bertz CT molecular complexity index is 346. The van der Waals surface area contributed by atoms with Gasteiger partial charge in [-0.25, -0.2) is 0 Å². The van der Waals surface area contributed by atoms with E-state index < -0.39 is 5.97 Å². The Morgan fingerprint density at radius 1 is 1.20 bits per heavy atom. The first-order valence-corrected chi connectivity index (χ1v) is 4.82. The topological polar surface area (TPSA) is 77.8 Å². The van der Waals surface area contributed by atoms with Crippen molar-refractivity contribution in [1.29, 1.82) is 0 Å². The van der Waals surface area contributed by atoms with Gasteiger partial charge in [0.2, 0.25) is 0 Å². The molecule has 0 saturated carbocycles. The standard InChI is InChI=1S/C11H14O4/c12-9-5-6-10(13)8(7-9)3-1-2-4-11(14)15/h5-7,12-13H,1-4H2,(H,14,15). The molecular formula is C11H14O4. The molecule has 0 fully saturated rings. The van der Waals surface area contributed by atoms with Gasteiger partial charge in [-0.2, -0.15) is 0 Å². The fourth-order valence-electron chi connectivity index (χ4n) is 1.36. The zero-order chi connectivity index (χ0) is 11.3. The normalized spacial score (nSPS) is 10.1. The van der Waals surface area contributed by atoms with E-state index in [0.29, 0.717) is 24.8 Å². The van der Waals surface area contributed by atoms with Crippen LogP contribution < -0.4 is 0 Å². The highest BCUT2D eigenvalue weighted by Gasteiger charge is 2.03. The monoisotopic (exact) mass is 210 g/mol. The molecule has 0 heterocycles. The summed E-state index contributed by atoms with van der Waals surface area (Å²) >= 11 is 0. The Balaban J connectivity index is 2.43. The van der Waals surface area contributed by atoms with Gasteiger partial charge in [0.25, 0.3) is 0 Å². The van der Waals surface area contributed by atoms with Crippen LogP contribution in [0, 0.1) is 0 Å². The summed E-state index contributed by atoms with van der Waals surface area (Å²) in [5.74, 6) is -0.556. The summed E-state index contributed by atoms with van der Waals surface area (Å²) in [6, 6.07) is 4.34. The van der Waals surface area contributed by atoms with E-state index in [2.05, 4.69) is 0 Å². The van der Waals surface area contributed by atoms with Crippen molar-refractivity contribution in [3.8, 4) is 11.5 Å². The van der Waals surface area contributed by atoms with Gasteiger partial charge in [-0.1, -0.05) is 0 Å². The highest BCUT2D eigenvalue weighted by Crippen LogP contribution is 2.23. The maximum atomic E-state index is 10.2. The summed E-state index contributed by atoms with van der Waals surface area (Å²) in [5, 5.41) is 27.0. The van der Waals surface area contributed by atoms with Gasteiger partial charge in [-0.3, -0.25) is 4.79 Å². The molecule has 0 radical (unpaired) electrons. The molecule has 4 heteroatoms. The van der Waals surface area contributed by atoms with E-state index in [4.69, 9.17) is 5.11 Å². The van der Waals surface area contributed by atoms with Crippen LogP contribution in [-0.4, -0.2) is 21.3 Å². The van der Waals surface area contributed by atoms with Crippen LogP contribution in [0.25, 0.3) is 0 Å². The lowest BCUT2D eigenvalue weighted by Crippen LogP contribution is -1.95. The first-order valence-electron chi connectivity index (χ1n) is 4.82. The predicted molar refractivity (Wildman–Crippen MR) is 55.0 cm³/mol. The van der Waals surface area contributed by atoms with Gasteiger partial charge < -0.3 is 15.3 Å². The number of unbranched alkanes of at least 4 members (excludes halogenated alkanes) is 1. The number of benzene rings is 1. The number of carboxylic acids is 1. The third-order valence-electron chi connectivity index (χ3n) is 2.15. The quantitative estimate of drug-likeness (QED) is 0.512. The molecule has 0 bridgehead atoms. The van der Waals surface area contributed by atoms with E-state index in [1.165, 1.54) is 18.2 Å². The number of phenols is 2. The van der Waals surface area contributed by atoms with Crippen LogP contribution in [0.2, 0.25) is 0 Å². The van der Waals surface area contributed by atoms with Crippen LogP contribution in [0.1, 0.15) is 24.8 Å². The number of hydrogen-bond acceptors (Lipinski definition) is 3. The molecule has 0 saturated heterocycles. The number of carbonyl (C=O) groups is 1. The van der Waals surface area contributed by atoms with E-state index in [1.54, 1.807) is 0 Å². The molecule has 82 valence electrons. The van der Waals surface area contributed by atoms with Crippen molar-refractivity contribution in [3.05, 3.63) is 23.8 Å². The highest BCUT2D eigenvalue weighted by molar-refractivity contribution is 5.66. The Morgan fingerprint density at radius 3 is 2.60 bits per heavy atom. The van der Waals surface area contributed by atoms with E-state index in [-0.39, 0.29) is 17.9 Å². The zero-order valence-electron chi connectivity index (χ0n) is 8.31. The molecule has 1 aromatic rings. The van der Waals surface area contributed by atoms with E-state index in [0.717, 1.165) is 0 Å². The van der Waals surface area contributed by atoms with Gasteiger partial charge in [0, 0.05) is 6.42 Å². The Morgan fingerprint density at radius 2 is 1.93 bits per heavy atom. The van der Waals surface area contributed by atoms with Gasteiger partial charge in [-0.15, -0.1) is 0 Å². The van der Waals surface area contributed by atoms with Gasteiger partial charge in [-0.05, 0) is 43.0 Å². The molecule has 3 N–H and O–H groups in total. The lowest BCUT2D eigenvalue weighted by atomic mass is 10.1. The average Bonchev–Trinajstić information content (AvgIpc) is 2.17. The summed E-state index contributed by atoms with van der Waals surface area (Å²) in [5.41, 5.74) is 0.653. The second kappa shape index (κ2) is 5.24. The SMILES string of the molecule is O=C(O)CCCCc1cc(O)ccc1O. The van der Waals surface area contributed by atoms with E-state index in [9.17, 15) is 15.0 Å². The number of phenolic OH excluding ortho intramolecular Hbond substituents is 2. The molecule has 0 aromatic heterocycles. The van der Waals surface area contributed by atoms with Gasteiger partial charge in [0.05, 0.1) is 0 Å². The first kappa shape index (κ1) is 11.4. The van der Waals surface area contributed by atoms with Gasteiger partial charge >= 0.3 is 5.97 Å². The number of carboxylic acid groups (broad SMARTS) is 1. The fourth-order valence-corrected chi connectivity index (χ4v) is 1.36. The Hall–Kier alpha value is -1.71. The van der Waals surface area contributed by atoms with E-state index >= 15 is 0 Å². The van der Waals surface area contributed by atoms with Crippen molar-refractivity contribution in [1.82, 2.24) is 0 Å². The number of rotatable bonds is 5. The molecule has 4 nitrogen and oxygen atoms in total. The van der Waals surface area contributed by atoms with Gasteiger partial charge in [0.15, 0.2) is 0 Å². The Kier molecular flexibility index (Phi) is 3.97. The van der Waals surface area contributed by atoms with Crippen molar-refractivity contribution >= 4 is 5.97 Å². The molecule has 0 spiro atoms. The van der Waals surface area contributed by atoms with Crippen LogP contribution >= 0.6 is 0 Å². The Labute approximate surface area is 87.8 Å². The maximum Gasteiger partial charge on any atom is 0.303 e. The molecule has 0 unspecified atom stereocenters. The smallest absolute Gasteiger partial charge is 0.303 e. The van der Waals surface area contributed by atoms with Crippen LogP contribution in [0.4, 0.5) is 0 Å². The summed E-state index contributed by atoms with van der Waals surface area (Å²) in [4.78, 5) is 10.2. The summed E-state index contributed by atoms with van der Waals surface area (Å²) in [7, 11) is 0. The minimum atomic E-state index is -0.810. The third kappa shape index (κ3) is 3.89. The molecule has 0 amide bonds. The summed E-state index contributed by atoms with van der Waals surface area (Å²) < 4.78 is 0. The lowest BCUT2D eigenvalue weighted by Gasteiger charge is -2.04. The van der Waals surface area contributed by atoms with Crippen LogP contribution in [-0.2, 0) is 11.2 Å². The number of aryl methyl sites for hydroxylation is 1. The number of hydrogen-bond donors (Lipinski definition) is 3. The van der Waals surface area contributed by atoms with Crippen molar-refractivity contribution in [2.45, 2.75) is 25.7 Å². The molecule has 0 aliphatic carbocycles. The van der Waals surface area contributed by atoms with Gasteiger partial charge in [0.1, 0.15) is 11.5 Å². The molecule has 1 aromatic carbocycles. The average molecular weight is 210 g/mol. The first-order chi connectivity index (χ1) is 7.09. The number of aromatic hydroxyl groups is 2. The molecule has 0 aliphatic rings. The fraction of sp³-hybridized carbons (Fsp3) is 0.364. The predicted octanol–water partition coefficient (Wildman–Crippen LogP) is 1.90. The minimum Gasteiger partial charge on any atom is -0.508 e. The second-order valence-electron chi connectivity index (χ2n) is 3.41. The van der Waals surface area contributed by atoms with Crippen molar-refractivity contribution in [3.63, 3.8) is 0 Å². The summed E-state index contributed by atoms with van der Waals surface area (Å²) in [6.07, 6.45) is 1.97. The zero-order valence-corrected chi connectivity index (χ0v) is 8.31. The lowest BCUT2D eigenvalue weighted by molar-refractivity contribution is -0.137. The third-order valence-corrected chi connectivity index (χ3v) is 2.15. The van der Waals surface area contributed by atoms with Crippen LogP contribution in [0.5, 0.6) is 11.5 Å². The van der Waals surface area contributed by atoms with Crippen LogP contribution in [0.15, 0.2) is 18.2 Å². The number of aliphatic carboxylic acids is 1.